The van der Waals surface area contributed by atoms with E-state index in [1.165, 1.54) is 60.3 Å². The number of nitrogens with zero attached hydrogens (tertiary/aromatic N) is 8. The van der Waals surface area contributed by atoms with Crippen LogP contribution >= 0.6 is 0 Å². The zero-order chi connectivity index (χ0) is 37.9. The molecule has 0 aromatic carbocycles. The third kappa shape index (κ3) is 7.97. The van der Waals surface area contributed by atoms with E-state index < -0.39 is 62.3 Å². The number of hydrogen-bond acceptors (Lipinski definition) is 16. The van der Waals surface area contributed by atoms with Crippen LogP contribution in [0.5, 0.6) is 0 Å². The van der Waals surface area contributed by atoms with Gasteiger partial charge in [-0.25, -0.2) is 29.9 Å². The molecule has 0 spiro atoms. The second-order valence-corrected chi connectivity index (χ2v) is 14.2. The van der Waals surface area contributed by atoms with Crippen LogP contribution in [0.3, 0.4) is 0 Å². The molecule has 4 aromatic rings. The predicted molar refractivity (Wildman–Crippen MR) is 192 cm³/mol. The number of aliphatic hydroxyl groups excluding tert-OH is 6. The van der Waals surface area contributed by atoms with Crippen molar-refractivity contribution >= 4 is 34.0 Å². The SMILES string of the molecule is Nc1nc(C#CCCC2CC2)nc2c1ncn2[C@@H]1O[C@H](CO)[C@@H](O)[C@H]1O.Nc1nc(C#CCCC2CCCC2)nc2c1ncn2[C@@H]1O[C@H](CO)[C@@H](O)[C@H]1O. The van der Waals surface area contributed by atoms with E-state index in [0.717, 1.165) is 37.5 Å². The number of hydrogen-bond donors (Lipinski definition) is 8. The molecule has 2 aliphatic heterocycles. The normalized spacial score (nSPS) is 28.1. The molecule has 0 amide bonds. The minimum absolute atomic E-state index is 0.187. The molecule has 2 aliphatic carbocycles. The summed E-state index contributed by atoms with van der Waals surface area (Å²) in [4.78, 5) is 25.5. The summed E-state index contributed by atoms with van der Waals surface area (Å²) in [5.41, 5.74) is 13.4. The maximum absolute atomic E-state index is 10.3. The van der Waals surface area contributed by atoms with E-state index in [0.29, 0.717) is 22.3 Å². The zero-order valence-electron chi connectivity index (χ0n) is 29.6. The van der Waals surface area contributed by atoms with Gasteiger partial charge in [-0.15, -0.1) is 0 Å². The predicted octanol–water partition coefficient (Wildman–Crippen LogP) is -0.0964. The van der Waals surface area contributed by atoms with Crippen molar-refractivity contribution in [3.63, 3.8) is 0 Å². The molecule has 4 aromatic heterocycles. The third-order valence-electron chi connectivity index (χ3n) is 10.4. The third-order valence-corrected chi connectivity index (χ3v) is 10.4. The highest BCUT2D eigenvalue weighted by Crippen LogP contribution is 2.35. The number of fused-ring (bicyclic) bond motifs is 2. The van der Waals surface area contributed by atoms with Gasteiger partial charge in [0, 0.05) is 12.8 Å². The Hall–Kier alpha value is -4.50. The van der Waals surface area contributed by atoms with Gasteiger partial charge in [0.25, 0.3) is 0 Å². The molecule has 18 heteroatoms. The molecule has 4 aliphatic rings. The number of imidazole rings is 2. The first-order valence-corrected chi connectivity index (χ1v) is 18.4. The van der Waals surface area contributed by atoms with Crippen LogP contribution in [0.25, 0.3) is 22.3 Å². The minimum Gasteiger partial charge on any atom is -0.394 e. The number of rotatable bonds is 8. The highest BCUT2D eigenvalue weighted by Gasteiger charge is 2.45. The number of aliphatic hydroxyl groups is 6. The van der Waals surface area contributed by atoms with Crippen molar-refractivity contribution in [2.45, 2.75) is 113 Å². The Morgan fingerprint density at radius 1 is 0.630 bits per heavy atom. The second-order valence-electron chi connectivity index (χ2n) is 14.2. The summed E-state index contributed by atoms with van der Waals surface area (Å²) < 4.78 is 14.1. The van der Waals surface area contributed by atoms with Gasteiger partial charge < -0.3 is 51.6 Å². The summed E-state index contributed by atoms with van der Waals surface area (Å²) in [5, 5.41) is 59.0. The molecule has 2 saturated heterocycles. The number of anilines is 2. The molecule has 2 saturated carbocycles. The summed E-state index contributed by atoms with van der Waals surface area (Å²) in [6.45, 7) is -0.813. The highest BCUT2D eigenvalue weighted by molar-refractivity contribution is 5.82. The van der Waals surface area contributed by atoms with E-state index in [1.807, 2.05) is 0 Å². The van der Waals surface area contributed by atoms with Crippen LogP contribution in [0, 0.1) is 35.5 Å². The van der Waals surface area contributed by atoms with Gasteiger partial charge in [0.05, 0.1) is 25.9 Å². The lowest BCUT2D eigenvalue weighted by Crippen LogP contribution is -2.33. The number of nitrogen functional groups attached to an aromatic ring is 2. The molecule has 288 valence electrons. The van der Waals surface area contributed by atoms with Gasteiger partial charge in [0.2, 0.25) is 11.6 Å². The van der Waals surface area contributed by atoms with E-state index in [-0.39, 0.29) is 23.3 Å². The molecule has 0 bridgehead atoms. The summed E-state index contributed by atoms with van der Waals surface area (Å²) in [5.74, 6) is 14.6. The van der Waals surface area contributed by atoms with Crippen LogP contribution in [0.1, 0.15) is 88.3 Å². The molecule has 6 heterocycles. The Morgan fingerprint density at radius 2 is 1.06 bits per heavy atom. The van der Waals surface area contributed by atoms with E-state index in [1.54, 1.807) is 0 Å². The maximum Gasteiger partial charge on any atom is 0.208 e. The van der Waals surface area contributed by atoms with Crippen molar-refractivity contribution in [3.8, 4) is 23.7 Å². The number of nitrogens with two attached hydrogens (primary N) is 2. The average Bonchev–Trinajstić information content (AvgIpc) is 3.56. The van der Waals surface area contributed by atoms with E-state index >= 15 is 0 Å². The van der Waals surface area contributed by atoms with E-state index in [9.17, 15) is 30.6 Å². The van der Waals surface area contributed by atoms with E-state index in [4.69, 9.17) is 20.9 Å². The Morgan fingerprint density at radius 3 is 1.44 bits per heavy atom. The molecule has 8 atom stereocenters. The fourth-order valence-corrected chi connectivity index (χ4v) is 7.12. The Bertz CT molecular complexity index is 2060. The molecule has 4 fully saturated rings. The Balaban J connectivity index is 0.000000167. The van der Waals surface area contributed by atoms with Crippen LogP contribution < -0.4 is 11.5 Å². The van der Waals surface area contributed by atoms with Crippen LogP contribution in [0.2, 0.25) is 0 Å². The van der Waals surface area contributed by atoms with Gasteiger partial charge in [-0.2, -0.15) is 0 Å². The van der Waals surface area contributed by atoms with Gasteiger partial charge >= 0.3 is 0 Å². The molecular formula is C36H46N10O8. The average molecular weight is 747 g/mol. The van der Waals surface area contributed by atoms with Crippen LogP contribution in [-0.2, 0) is 9.47 Å². The number of aromatic nitrogens is 8. The quantitative estimate of drug-likeness (QED) is 0.109. The minimum atomic E-state index is -1.23. The molecule has 54 heavy (non-hydrogen) atoms. The topological polar surface area (TPSA) is 279 Å². The summed E-state index contributed by atoms with van der Waals surface area (Å²) in [7, 11) is 0. The molecule has 0 unspecified atom stereocenters. The van der Waals surface area contributed by atoms with Crippen LogP contribution in [0.15, 0.2) is 12.7 Å². The van der Waals surface area contributed by atoms with Gasteiger partial charge in [0.15, 0.2) is 35.4 Å². The number of ether oxygens (including phenoxy) is 2. The van der Waals surface area contributed by atoms with Gasteiger partial charge in [-0.1, -0.05) is 50.4 Å². The lowest BCUT2D eigenvalue weighted by molar-refractivity contribution is -0.0511. The van der Waals surface area contributed by atoms with Crippen molar-refractivity contribution in [2.75, 3.05) is 24.7 Å². The van der Waals surface area contributed by atoms with Crippen molar-refractivity contribution in [1.29, 1.82) is 0 Å². The van der Waals surface area contributed by atoms with Gasteiger partial charge in [-0.05, 0) is 36.5 Å². The zero-order valence-corrected chi connectivity index (χ0v) is 29.6. The summed E-state index contributed by atoms with van der Waals surface area (Å²) in [6, 6.07) is 0. The fraction of sp³-hybridized carbons (Fsp3) is 0.611. The molecule has 0 radical (unpaired) electrons. The van der Waals surface area contributed by atoms with Crippen molar-refractivity contribution in [2.24, 2.45) is 11.8 Å². The van der Waals surface area contributed by atoms with Gasteiger partial charge in [0.1, 0.15) is 47.7 Å². The molecule has 8 rings (SSSR count). The van der Waals surface area contributed by atoms with Gasteiger partial charge in [-0.3, -0.25) is 9.13 Å². The molecule has 10 N–H and O–H groups in total. The first-order valence-electron chi connectivity index (χ1n) is 18.4. The lowest BCUT2D eigenvalue weighted by atomic mass is 10.0. The lowest BCUT2D eigenvalue weighted by Gasteiger charge is -2.16. The Labute approximate surface area is 310 Å². The van der Waals surface area contributed by atoms with E-state index in [2.05, 4.69) is 53.6 Å². The van der Waals surface area contributed by atoms with Crippen molar-refractivity contribution in [3.05, 3.63) is 24.3 Å². The maximum atomic E-state index is 10.3. The summed E-state index contributed by atoms with van der Waals surface area (Å²) in [6.07, 6.45) is 5.91. The second kappa shape index (κ2) is 16.5. The summed E-state index contributed by atoms with van der Waals surface area (Å²) >= 11 is 0. The highest BCUT2D eigenvalue weighted by atomic mass is 16.6. The largest absolute Gasteiger partial charge is 0.394 e. The Kier molecular flexibility index (Phi) is 11.5. The first kappa shape index (κ1) is 37.8. The molecular weight excluding hydrogens is 700 g/mol. The molecule has 18 nitrogen and oxygen atoms in total. The van der Waals surface area contributed by atoms with Crippen LogP contribution in [-0.4, -0.2) is 120 Å². The first-order chi connectivity index (χ1) is 26.2. The monoisotopic (exact) mass is 746 g/mol. The van der Waals surface area contributed by atoms with Crippen LogP contribution in [0.4, 0.5) is 11.6 Å². The van der Waals surface area contributed by atoms with Crippen molar-refractivity contribution in [1.82, 2.24) is 39.0 Å². The smallest absolute Gasteiger partial charge is 0.208 e. The fourth-order valence-electron chi connectivity index (χ4n) is 7.12. The standard InChI is InChI=1S/C19H25N5O4.C17H21N5O4/c20-17-14-18(23-13(22-17)8-4-3-7-11-5-1-2-6-11)24(10-21-14)19-16(27)15(26)12(9-25)28-19;18-15-12-16(21-11(20-15)4-2-1-3-9-5-6-9)22(8-19-12)17-14(25)13(24)10(7-23)26-17/h10-12,15-16,19,25-27H,1-3,5-7,9H2,(H2,20,22,23);8-10,13-14,17,23-25H,1,3,5-7H2,(H2,18,20,21)/t12-,15-,16-,19-;10-,13-,14-,17-/m11/s1. The van der Waals surface area contributed by atoms with Crippen molar-refractivity contribution < 1.29 is 40.1 Å².